The van der Waals surface area contributed by atoms with Crippen molar-refractivity contribution in [3.8, 4) is 0 Å². The smallest absolute Gasteiger partial charge is 0.00173 e. The predicted molar refractivity (Wildman–Crippen MR) is 52.1 cm³/mol. The number of hydrogen-bond donors (Lipinski definition) is 1. The highest BCUT2D eigenvalue weighted by atomic mass is 14.9. The molecule has 1 fully saturated rings. The van der Waals surface area contributed by atoms with E-state index in [2.05, 4.69) is 17.5 Å². The Kier molecular flexibility index (Phi) is 2.83. The van der Waals surface area contributed by atoms with Crippen molar-refractivity contribution < 1.29 is 0 Å². The first-order chi connectivity index (χ1) is 5.95. The highest BCUT2D eigenvalue weighted by molar-refractivity contribution is 4.90. The molecule has 0 aromatic heterocycles. The van der Waals surface area contributed by atoms with Crippen LogP contribution >= 0.6 is 0 Å². The van der Waals surface area contributed by atoms with Crippen LogP contribution in [-0.2, 0) is 0 Å². The number of allylic oxidation sites excluding steroid dienone is 2. The van der Waals surface area contributed by atoms with Gasteiger partial charge >= 0.3 is 0 Å². The Balaban J connectivity index is 1.55. The van der Waals surface area contributed by atoms with E-state index in [0.29, 0.717) is 0 Å². The second-order valence-corrected chi connectivity index (χ2v) is 4.25. The van der Waals surface area contributed by atoms with Gasteiger partial charge in [0.1, 0.15) is 0 Å². The van der Waals surface area contributed by atoms with Crippen LogP contribution in [0, 0.1) is 11.8 Å². The summed E-state index contributed by atoms with van der Waals surface area (Å²) in [6.45, 7) is 2.53. The van der Waals surface area contributed by atoms with Gasteiger partial charge in [-0.15, -0.1) is 0 Å². The van der Waals surface area contributed by atoms with E-state index in [1.807, 2.05) is 0 Å². The Morgan fingerprint density at radius 3 is 2.50 bits per heavy atom. The maximum absolute atomic E-state index is 3.58. The van der Waals surface area contributed by atoms with Crippen molar-refractivity contribution in [3.05, 3.63) is 12.2 Å². The maximum Gasteiger partial charge on any atom is -0.00173 e. The van der Waals surface area contributed by atoms with Crippen LogP contribution < -0.4 is 5.32 Å². The molecule has 2 rings (SSSR count). The lowest BCUT2D eigenvalue weighted by Gasteiger charge is -2.17. The van der Waals surface area contributed by atoms with Crippen LogP contribution in [0.15, 0.2) is 12.2 Å². The Hall–Kier alpha value is -0.300. The molecule has 1 N–H and O–H groups in total. The van der Waals surface area contributed by atoms with E-state index in [-0.39, 0.29) is 0 Å². The molecule has 0 saturated heterocycles. The van der Waals surface area contributed by atoms with Gasteiger partial charge in [0.2, 0.25) is 0 Å². The lowest BCUT2D eigenvalue weighted by atomic mass is 9.94. The van der Waals surface area contributed by atoms with E-state index in [4.69, 9.17) is 0 Å². The van der Waals surface area contributed by atoms with Crippen molar-refractivity contribution >= 4 is 0 Å². The van der Waals surface area contributed by atoms with Crippen LogP contribution in [0.2, 0.25) is 0 Å². The minimum Gasteiger partial charge on any atom is -0.316 e. The molecule has 0 aliphatic heterocycles. The fourth-order valence-electron chi connectivity index (χ4n) is 1.86. The zero-order valence-electron chi connectivity index (χ0n) is 7.76. The summed E-state index contributed by atoms with van der Waals surface area (Å²) < 4.78 is 0. The third-order valence-electron chi connectivity index (χ3n) is 2.94. The molecule has 0 aromatic carbocycles. The van der Waals surface area contributed by atoms with Gasteiger partial charge in [0.15, 0.2) is 0 Å². The van der Waals surface area contributed by atoms with Crippen molar-refractivity contribution in [1.82, 2.24) is 5.32 Å². The van der Waals surface area contributed by atoms with Gasteiger partial charge in [-0.3, -0.25) is 0 Å². The normalized spacial score (nSPS) is 29.2. The molecule has 0 amide bonds. The third kappa shape index (κ3) is 2.63. The molecule has 1 heteroatoms. The molecular formula is C11H19N. The first kappa shape index (κ1) is 8.31. The average molecular weight is 165 g/mol. The van der Waals surface area contributed by atoms with Crippen LogP contribution in [0.25, 0.3) is 0 Å². The minimum atomic E-state index is 0.925. The third-order valence-corrected chi connectivity index (χ3v) is 2.94. The van der Waals surface area contributed by atoms with Gasteiger partial charge in [-0.2, -0.15) is 0 Å². The highest BCUT2D eigenvalue weighted by Gasteiger charge is 2.20. The Labute approximate surface area is 75.2 Å². The van der Waals surface area contributed by atoms with E-state index in [9.17, 15) is 0 Å². The molecule has 1 nitrogen and oxygen atoms in total. The Morgan fingerprint density at radius 1 is 1.00 bits per heavy atom. The number of hydrogen-bond acceptors (Lipinski definition) is 1. The van der Waals surface area contributed by atoms with Crippen LogP contribution in [0.5, 0.6) is 0 Å². The summed E-state index contributed by atoms with van der Waals surface area (Å²) in [6, 6.07) is 0. The van der Waals surface area contributed by atoms with Crippen LogP contribution in [-0.4, -0.2) is 13.1 Å². The molecule has 2 aliphatic carbocycles. The van der Waals surface area contributed by atoms with Crippen LogP contribution in [0.4, 0.5) is 0 Å². The van der Waals surface area contributed by atoms with Gasteiger partial charge in [-0.25, -0.2) is 0 Å². The summed E-state index contributed by atoms with van der Waals surface area (Å²) in [5, 5.41) is 3.58. The first-order valence-corrected chi connectivity index (χ1v) is 5.31. The van der Waals surface area contributed by atoms with E-state index in [1.165, 1.54) is 45.2 Å². The summed E-state index contributed by atoms with van der Waals surface area (Å²) in [7, 11) is 0. The fraction of sp³-hybridized carbons (Fsp3) is 0.818. The predicted octanol–water partition coefficient (Wildman–Crippen LogP) is 2.34. The number of rotatable bonds is 4. The van der Waals surface area contributed by atoms with Crippen molar-refractivity contribution in [3.63, 3.8) is 0 Å². The minimum absolute atomic E-state index is 0.925. The van der Waals surface area contributed by atoms with Crippen LogP contribution in [0.3, 0.4) is 0 Å². The average Bonchev–Trinajstić information content (AvgIpc) is 2.90. The van der Waals surface area contributed by atoms with E-state index < -0.39 is 0 Å². The molecular weight excluding hydrogens is 146 g/mol. The standard InChI is InChI=1S/C11H19N/c1-2-4-10(5-3-1)8-12-9-11-6-7-11/h1-2,10-12H,3-9H2. The van der Waals surface area contributed by atoms with Gasteiger partial charge in [0.05, 0.1) is 0 Å². The monoisotopic (exact) mass is 165 g/mol. The lowest BCUT2D eigenvalue weighted by molar-refractivity contribution is 0.436. The first-order valence-electron chi connectivity index (χ1n) is 5.31. The molecule has 0 bridgehead atoms. The highest BCUT2D eigenvalue weighted by Crippen LogP contribution is 2.27. The molecule has 1 unspecified atom stereocenters. The summed E-state index contributed by atoms with van der Waals surface area (Å²) in [5.41, 5.74) is 0. The topological polar surface area (TPSA) is 12.0 Å². The fourth-order valence-corrected chi connectivity index (χ4v) is 1.86. The number of nitrogens with one attached hydrogen (secondary N) is 1. The maximum atomic E-state index is 3.58. The van der Waals surface area contributed by atoms with E-state index in [0.717, 1.165) is 11.8 Å². The van der Waals surface area contributed by atoms with Crippen molar-refractivity contribution in [2.24, 2.45) is 11.8 Å². The van der Waals surface area contributed by atoms with Crippen LogP contribution in [0.1, 0.15) is 32.1 Å². The molecule has 0 aromatic rings. The second-order valence-electron chi connectivity index (χ2n) is 4.25. The van der Waals surface area contributed by atoms with Gasteiger partial charge in [0, 0.05) is 0 Å². The molecule has 1 saturated carbocycles. The zero-order valence-corrected chi connectivity index (χ0v) is 7.76. The summed E-state index contributed by atoms with van der Waals surface area (Å²) in [4.78, 5) is 0. The zero-order chi connectivity index (χ0) is 8.23. The lowest BCUT2D eigenvalue weighted by Crippen LogP contribution is -2.25. The Bertz CT molecular complexity index is 158. The molecule has 0 spiro atoms. The van der Waals surface area contributed by atoms with Crippen molar-refractivity contribution in [1.29, 1.82) is 0 Å². The molecule has 68 valence electrons. The quantitative estimate of drug-likeness (QED) is 0.630. The van der Waals surface area contributed by atoms with E-state index in [1.54, 1.807) is 0 Å². The molecule has 0 radical (unpaired) electrons. The van der Waals surface area contributed by atoms with Gasteiger partial charge in [-0.1, -0.05) is 12.2 Å². The van der Waals surface area contributed by atoms with Gasteiger partial charge in [0.25, 0.3) is 0 Å². The Morgan fingerprint density at radius 2 is 1.83 bits per heavy atom. The molecule has 1 atom stereocenters. The summed E-state index contributed by atoms with van der Waals surface area (Å²) >= 11 is 0. The molecule has 12 heavy (non-hydrogen) atoms. The summed E-state index contributed by atoms with van der Waals surface area (Å²) in [6.07, 6.45) is 11.6. The van der Waals surface area contributed by atoms with Crippen molar-refractivity contribution in [2.45, 2.75) is 32.1 Å². The molecule has 0 heterocycles. The van der Waals surface area contributed by atoms with Gasteiger partial charge < -0.3 is 5.32 Å². The van der Waals surface area contributed by atoms with Gasteiger partial charge in [-0.05, 0) is 57.0 Å². The summed E-state index contributed by atoms with van der Waals surface area (Å²) in [5.74, 6) is 1.96. The van der Waals surface area contributed by atoms with Crippen molar-refractivity contribution in [2.75, 3.05) is 13.1 Å². The second kappa shape index (κ2) is 4.08. The SMILES string of the molecule is C1=CCC(CNCC2CC2)CC1. The van der Waals surface area contributed by atoms with E-state index >= 15 is 0 Å². The molecule has 2 aliphatic rings. The largest absolute Gasteiger partial charge is 0.316 e.